The summed E-state index contributed by atoms with van der Waals surface area (Å²) in [6, 6.07) is 10.9. The summed E-state index contributed by atoms with van der Waals surface area (Å²) < 4.78 is 0. The molecule has 1 aliphatic heterocycles. The predicted molar refractivity (Wildman–Crippen MR) is 95.6 cm³/mol. The average Bonchev–Trinajstić information content (AvgIpc) is 2.90. The van der Waals surface area contributed by atoms with Crippen molar-refractivity contribution in [3.8, 4) is 6.07 Å². The van der Waals surface area contributed by atoms with Crippen molar-refractivity contribution in [2.45, 2.75) is 32.6 Å². The van der Waals surface area contributed by atoms with E-state index in [1.54, 1.807) is 25.1 Å². The van der Waals surface area contributed by atoms with E-state index >= 15 is 0 Å². The summed E-state index contributed by atoms with van der Waals surface area (Å²) in [6.07, 6.45) is 4.45. The van der Waals surface area contributed by atoms with Crippen molar-refractivity contribution in [1.29, 1.82) is 5.26 Å². The predicted octanol–water partition coefficient (Wildman–Crippen LogP) is 3.42. The molecule has 1 saturated heterocycles. The van der Waals surface area contributed by atoms with Crippen LogP contribution in [0.25, 0.3) is 0 Å². The molecule has 0 bridgehead atoms. The lowest BCUT2D eigenvalue weighted by Gasteiger charge is -2.20. The summed E-state index contributed by atoms with van der Waals surface area (Å²) in [7, 11) is 0. The van der Waals surface area contributed by atoms with Gasteiger partial charge in [-0.1, -0.05) is 12.8 Å². The van der Waals surface area contributed by atoms with Gasteiger partial charge in [-0.15, -0.1) is 0 Å². The van der Waals surface area contributed by atoms with Crippen LogP contribution in [0.15, 0.2) is 30.3 Å². The first-order valence-electron chi connectivity index (χ1n) is 8.58. The van der Waals surface area contributed by atoms with Crippen LogP contribution in [0.5, 0.6) is 0 Å². The second-order valence-corrected chi connectivity index (χ2v) is 6.21. The highest BCUT2D eigenvalue weighted by Gasteiger charge is 2.19. The highest BCUT2D eigenvalue weighted by atomic mass is 16.2. The zero-order valence-corrected chi connectivity index (χ0v) is 14.3. The van der Waals surface area contributed by atoms with Gasteiger partial charge in [0.25, 0.3) is 5.91 Å². The second kappa shape index (κ2) is 7.75. The molecule has 0 radical (unpaired) electrons. The zero-order chi connectivity index (χ0) is 17.6. The number of aryl methyl sites for hydroxylation is 1. The van der Waals surface area contributed by atoms with Gasteiger partial charge in [0, 0.05) is 24.8 Å². The van der Waals surface area contributed by atoms with Gasteiger partial charge in [-0.05, 0) is 44.0 Å². The van der Waals surface area contributed by atoms with E-state index in [9.17, 15) is 4.79 Å². The maximum Gasteiger partial charge on any atom is 0.272 e. The van der Waals surface area contributed by atoms with Gasteiger partial charge in [-0.3, -0.25) is 4.79 Å². The summed E-state index contributed by atoms with van der Waals surface area (Å²) in [5, 5.41) is 12.0. The third-order valence-corrected chi connectivity index (χ3v) is 4.24. The molecule has 1 fully saturated rings. The third kappa shape index (κ3) is 4.32. The van der Waals surface area contributed by atoms with Crippen LogP contribution in [-0.2, 0) is 0 Å². The molecule has 0 spiro atoms. The zero-order valence-electron chi connectivity index (χ0n) is 14.3. The molecular formula is C19H21N5O. The van der Waals surface area contributed by atoms with Crippen LogP contribution in [0.2, 0.25) is 0 Å². The van der Waals surface area contributed by atoms with Crippen molar-refractivity contribution in [2.75, 3.05) is 18.4 Å². The van der Waals surface area contributed by atoms with Crippen molar-refractivity contribution < 1.29 is 4.79 Å². The Bertz CT molecular complexity index is 786. The Morgan fingerprint density at radius 2 is 1.80 bits per heavy atom. The summed E-state index contributed by atoms with van der Waals surface area (Å²) >= 11 is 0. The first-order valence-corrected chi connectivity index (χ1v) is 8.58. The fourth-order valence-corrected chi connectivity index (χ4v) is 2.95. The van der Waals surface area contributed by atoms with Crippen LogP contribution in [-0.4, -0.2) is 33.9 Å². The van der Waals surface area contributed by atoms with E-state index in [0.29, 0.717) is 22.9 Å². The summed E-state index contributed by atoms with van der Waals surface area (Å²) in [5.41, 5.74) is 1.83. The maximum atomic E-state index is 12.8. The molecule has 0 aliphatic carbocycles. The highest BCUT2D eigenvalue weighted by Crippen LogP contribution is 2.18. The number of hydrogen-bond donors (Lipinski definition) is 1. The molecule has 1 N–H and O–H groups in total. The van der Waals surface area contributed by atoms with E-state index in [-0.39, 0.29) is 5.91 Å². The van der Waals surface area contributed by atoms with Gasteiger partial charge in [-0.2, -0.15) is 5.26 Å². The smallest absolute Gasteiger partial charge is 0.272 e. The van der Waals surface area contributed by atoms with Crippen LogP contribution in [0.4, 0.5) is 11.5 Å². The van der Waals surface area contributed by atoms with Crippen LogP contribution >= 0.6 is 0 Å². The lowest BCUT2D eigenvalue weighted by molar-refractivity contribution is 0.0755. The Labute approximate surface area is 147 Å². The minimum Gasteiger partial charge on any atom is -0.340 e. The number of aromatic nitrogens is 2. The lowest BCUT2D eigenvalue weighted by atomic mass is 10.2. The van der Waals surface area contributed by atoms with Gasteiger partial charge < -0.3 is 10.2 Å². The van der Waals surface area contributed by atoms with E-state index in [4.69, 9.17) is 5.26 Å². The van der Waals surface area contributed by atoms with E-state index in [1.807, 2.05) is 17.0 Å². The van der Waals surface area contributed by atoms with Crippen molar-refractivity contribution in [3.05, 3.63) is 47.4 Å². The van der Waals surface area contributed by atoms with Crippen LogP contribution in [0.1, 0.15) is 47.6 Å². The molecule has 1 aromatic heterocycles. The Morgan fingerprint density at radius 1 is 1.12 bits per heavy atom. The molecule has 3 rings (SSSR count). The number of carbonyl (C=O) groups is 1. The van der Waals surface area contributed by atoms with Gasteiger partial charge in [0.05, 0.1) is 11.6 Å². The lowest BCUT2D eigenvalue weighted by Crippen LogP contribution is -2.32. The maximum absolute atomic E-state index is 12.8. The molecule has 128 valence electrons. The molecule has 2 aromatic rings. The molecule has 2 heterocycles. The molecule has 0 unspecified atom stereocenters. The highest BCUT2D eigenvalue weighted by molar-refractivity contribution is 5.93. The minimum absolute atomic E-state index is 0.0321. The Hall–Kier alpha value is -2.94. The first-order chi connectivity index (χ1) is 12.2. The fourth-order valence-electron chi connectivity index (χ4n) is 2.95. The molecule has 1 aromatic carbocycles. The van der Waals surface area contributed by atoms with Gasteiger partial charge in [0.15, 0.2) is 0 Å². The van der Waals surface area contributed by atoms with Crippen molar-refractivity contribution >= 4 is 17.4 Å². The second-order valence-electron chi connectivity index (χ2n) is 6.21. The Morgan fingerprint density at radius 3 is 2.44 bits per heavy atom. The topological polar surface area (TPSA) is 81.9 Å². The van der Waals surface area contributed by atoms with Crippen molar-refractivity contribution in [3.63, 3.8) is 0 Å². The number of likely N-dealkylation sites (tertiary alicyclic amines) is 1. The Balaban J connectivity index is 1.79. The van der Waals surface area contributed by atoms with Crippen molar-refractivity contribution in [1.82, 2.24) is 14.9 Å². The number of benzene rings is 1. The van der Waals surface area contributed by atoms with Crippen LogP contribution in [0.3, 0.4) is 0 Å². The summed E-state index contributed by atoms with van der Waals surface area (Å²) in [5.74, 6) is 1.10. The number of nitrogens with zero attached hydrogens (tertiary/aromatic N) is 4. The number of carbonyl (C=O) groups excluding carboxylic acids is 1. The largest absolute Gasteiger partial charge is 0.340 e. The molecule has 0 atom stereocenters. The molecular weight excluding hydrogens is 314 g/mol. The van der Waals surface area contributed by atoms with Crippen LogP contribution in [0, 0.1) is 18.3 Å². The van der Waals surface area contributed by atoms with Gasteiger partial charge >= 0.3 is 0 Å². The van der Waals surface area contributed by atoms with E-state index in [0.717, 1.165) is 31.6 Å². The normalized spacial score (nSPS) is 14.5. The van der Waals surface area contributed by atoms with Crippen LogP contribution < -0.4 is 5.32 Å². The monoisotopic (exact) mass is 335 g/mol. The summed E-state index contributed by atoms with van der Waals surface area (Å²) in [4.78, 5) is 23.3. The molecule has 1 amide bonds. The fraction of sp³-hybridized carbons (Fsp3) is 0.368. The number of anilines is 2. The van der Waals surface area contributed by atoms with E-state index < -0.39 is 0 Å². The number of amides is 1. The first kappa shape index (κ1) is 16.9. The molecule has 25 heavy (non-hydrogen) atoms. The molecule has 1 aliphatic rings. The standard InChI is InChI=1S/C19H21N5O/c1-14-21-17(19(25)24-10-4-2-3-5-11-24)12-18(22-14)23-16-8-6-15(13-20)7-9-16/h6-9,12H,2-5,10-11H2,1H3,(H,21,22,23). The summed E-state index contributed by atoms with van der Waals surface area (Å²) in [6.45, 7) is 3.36. The number of hydrogen-bond acceptors (Lipinski definition) is 5. The minimum atomic E-state index is -0.0321. The number of rotatable bonds is 3. The van der Waals surface area contributed by atoms with Gasteiger partial charge in [0.1, 0.15) is 17.3 Å². The van der Waals surface area contributed by atoms with E-state index in [1.165, 1.54) is 12.8 Å². The van der Waals surface area contributed by atoms with Gasteiger partial charge in [-0.25, -0.2) is 9.97 Å². The van der Waals surface area contributed by atoms with Crippen molar-refractivity contribution in [2.24, 2.45) is 0 Å². The Kier molecular flexibility index (Phi) is 5.24. The molecule has 6 heteroatoms. The average molecular weight is 335 g/mol. The SMILES string of the molecule is Cc1nc(Nc2ccc(C#N)cc2)cc(C(=O)N2CCCCCC2)n1. The van der Waals surface area contributed by atoms with Gasteiger partial charge in [0.2, 0.25) is 0 Å². The third-order valence-electron chi connectivity index (χ3n) is 4.24. The number of nitrogens with one attached hydrogen (secondary N) is 1. The number of nitriles is 1. The molecule has 0 saturated carbocycles. The molecule has 6 nitrogen and oxygen atoms in total. The quantitative estimate of drug-likeness (QED) is 0.929. The van der Waals surface area contributed by atoms with E-state index in [2.05, 4.69) is 21.4 Å².